The highest BCUT2D eigenvalue weighted by molar-refractivity contribution is 5.14. The van der Waals surface area contributed by atoms with E-state index in [0.717, 1.165) is 38.5 Å². The van der Waals surface area contributed by atoms with E-state index in [1.165, 1.54) is 16.7 Å². The first-order valence-electron chi connectivity index (χ1n) is 11.5. The molecule has 1 aromatic carbocycles. The summed E-state index contributed by atoms with van der Waals surface area (Å²) in [6.45, 7) is 20.8. The number of hydrogen-bond donors (Lipinski definition) is 0. The van der Waals surface area contributed by atoms with Gasteiger partial charge in [0, 0.05) is 6.42 Å². The van der Waals surface area contributed by atoms with Crippen molar-refractivity contribution in [3.63, 3.8) is 0 Å². The van der Waals surface area contributed by atoms with Crippen LogP contribution in [0, 0.1) is 0 Å². The fraction of sp³-hybridized carbons (Fsp3) is 0.517. The number of hydrogen-bond acceptors (Lipinski definition) is 2. The maximum atomic E-state index is 6.58. The van der Waals surface area contributed by atoms with Gasteiger partial charge in [-0.1, -0.05) is 65.8 Å². The molecule has 2 heteroatoms. The summed E-state index contributed by atoms with van der Waals surface area (Å²) in [6, 6.07) is 10.5. The average Bonchev–Trinajstić information content (AvgIpc) is 2.72. The smallest absolute Gasteiger partial charge is 0.160 e. The predicted octanol–water partition coefficient (Wildman–Crippen LogP) is 8.36. The molecule has 1 aromatic rings. The van der Waals surface area contributed by atoms with Gasteiger partial charge in [0.25, 0.3) is 0 Å². The number of aryl methyl sites for hydroxylation is 1. The molecular formula is C29H44O2. The molecule has 0 heterocycles. The van der Waals surface area contributed by atoms with Crippen molar-refractivity contribution in [2.75, 3.05) is 0 Å². The summed E-state index contributed by atoms with van der Waals surface area (Å²) in [5.74, 6) is 0. The Labute approximate surface area is 191 Å². The molecule has 0 radical (unpaired) electrons. The molecule has 2 atom stereocenters. The Morgan fingerprint density at radius 1 is 0.839 bits per heavy atom. The summed E-state index contributed by atoms with van der Waals surface area (Å²) in [6.07, 6.45) is 13.3. The fourth-order valence-corrected chi connectivity index (χ4v) is 3.38. The van der Waals surface area contributed by atoms with E-state index in [1.54, 1.807) is 0 Å². The van der Waals surface area contributed by atoms with Crippen LogP contribution in [0.2, 0.25) is 0 Å². The lowest BCUT2D eigenvalue weighted by Gasteiger charge is -2.37. The number of rotatable bonds is 15. The van der Waals surface area contributed by atoms with E-state index in [0.29, 0.717) is 0 Å². The van der Waals surface area contributed by atoms with Gasteiger partial charge in [-0.15, -0.1) is 13.2 Å². The molecule has 0 spiro atoms. The van der Waals surface area contributed by atoms with Gasteiger partial charge >= 0.3 is 0 Å². The van der Waals surface area contributed by atoms with Crippen LogP contribution in [-0.4, -0.2) is 17.5 Å². The van der Waals surface area contributed by atoms with Crippen LogP contribution >= 0.6 is 0 Å². The minimum Gasteiger partial charge on any atom is -0.342 e. The topological polar surface area (TPSA) is 18.5 Å². The van der Waals surface area contributed by atoms with E-state index < -0.39 is 11.2 Å². The van der Waals surface area contributed by atoms with Crippen LogP contribution < -0.4 is 0 Å². The van der Waals surface area contributed by atoms with E-state index in [1.807, 2.05) is 18.2 Å². The molecule has 0 N–H and O–H groups in total. The summed E-state index contributed by atoms with van der Waals surface area (Å²) >= 11 is 0. The summed E-state index contributed by atoms with van der Waals surface area (Å²) in [5.41, 5.74) is 3.03. The van der Waals surface area contributed by atoms with Gasteiger partial charge in [0.05, 0.1) is 11.2 Å². The Hall–Kier alpha value is -1.90. The van der Waals surface area contributed by atoms with Crippen molar-refractivity contribution >= 4 is 0 Å². The van der Waals surface area contributed by atoms with Gasteiger partial charge in [-0.25, -0.2) is 0 Å². The molecule has 0 amide bonds. The zero-order valence-electron chi connectivity index (χ0n) is 20.7. The standard InChI is InChI=1S/C29H44O2/c1-9-28(7,22-14-16-24(3)4)30-27(21-20-26-18-12-11-13-19-26)31-29(8,10-2)23-15-17-25(5)6/h9-13,16-19,27H,1-2,14-15,20-23H2,3-8H3. The summed E-state index contributed by atoms with van der Waals surface area (Å²) in [5, 5.41) is 0. The first-order valence-corrected chi connectivity index (χ1v) is 11.5. The van der Waals surface area contributed by atoms with Crippen molar-refractivity contribution < 1.29 is 9.47 Å². The summed E-state index contributed by atoms with van der Waals surface area (Å²) in [7, 11) is 0. The molecule has 0 fully saturated rings. The van der Waals surface area contributed by atoms with Crippen molar-refractivity contribution in [3.05, 3.63) is 84.5 Å². The van der Waals surface area contributed by atoms with Gasteiger partial charge < -0.3 is 9.47 Å². The van der Waals surface area contributed by atoms with E-state index in [4.69, 9.17) is 9.47 Å². The average molecular weight is 425 g/mol. The number of allylic oxidation sites excluding steroid dienone is 4. The Kier molecular flexibility index (Phi) is 11.8. The predicted molar refractivity (Wildman–Crippen MR) is 135 cm³/mol. The summed E-state index contributed by atoms with van der Waals surface area (Å²) < 4.78 is 13.2. The third-order valence-corrected chi connectivity index (χ3v) is 5.56. The van der Waals surface area contributed by atoms with Gasteiger partial charge in [-0.05, 0) is 79.2 Å². The summed E-state index contributed by atoms with van der Waals surface area (Å²) in [4.78, 5) is 0. The Balaban J connectivity index is 2.96. The highest BCUT2D eigenvalue weighted by Gasteiger charge is 2.31. The molecule has 172 valence electrons. The van der Waals surface area contributed by atoms with Crippen molar-refractivity contribution in [2.24, 2.45) is 0 Å². The van der Waals surface area contributed by atoms with Gasteiger partial charge in [0.1, 0.15) is 0 Å². The van der Waals surface area contributed by atoms with Crippen LogP contribution in [0.25, 0.3) is 0 Å². The van der Waals surface area contributed by atoms with E-state index in [-0.39, 0.29) is 6.29 Å². The van der Waals surface area contributed by atoms with Crippen LogP contribution in [0.1, 0.15) is 79.2 Å². The van der Waals surface area contributed by atoms with Gasteiger partial charge in [0.2, 0.25) is 0 Å². The lowest BCUT2D eigenvalue weighted by Crippen LogP contribution is -2.39. The van der Waals surface area contributed by atoms with Crippen molar-refractivity contribution in [1.82, 2.24) is 0 Å². The molecule has 31 heavy (non-hydrogen) atoms. The van der Waals surface area contributed by atoms with Crippen LogP contribution in [0.4, 0.5) is 0 Å². The zero-order chi connectivity index (χ0) is 23.3. The molecule has 0 aliphatic carbocycles. The minimum absolute atomic E-state index is 0.343. The van der Waals surface area contributed by atoms with Crippen molar-refractivity contribution in [3.8, 4) is 0 Å². The van der Waals surface area contributed by atoms with Gasteiger partial charge in [0.15, 0.2) is 6.29 Å². The number of ether oxygens (including phenoxy) is 2. The van der Waals surface area contributed by atoms with Crippen molar-refractivity contribution in [2.45, 2.75) is 97.6 Å². The van der Waals surface area contributed by atoms with Gasteiger partial charge in [-0.2, -0.15) is 0 Å². The number of benzene rings is 1. The molecule has 0 saturated heterocycles. The quantitative estimate of drug-likeness (QED) is 0.208. The molecule has 0 aromatic heterocycles. The Bertz CT molecular complexity index is 680. The van der Waals surface area contributed by atoms with Crippen LogP contribution in [-0.2, 0) is 15.9 Å². The van der Waals surface area contributed by atoms with Crippen LogP contribution in [0.5, 0.6) is 0 Å². The van der Waals surface area contributed by atoms with Crippen LogP contribution in [0.15, 0.2) is 78.9 Å². The Morgan fingerprint density at radius 3 is 1.68 bits per heavy atom. The monoisotopic (exact) mass is 424 g/mol. The fourth-order valence-electron chi connectivity index (χ4n) is 3.38. The molecule has 0 aliphatic rings. The SMILES string of the molecule is C=CC(C)(CCC=C(C)C)OC(CCc1ccccc1)OC(C)(C=C)CCC=C(C)C. The highest BCUT2D eigenvalue weighted by atomic mass is 16.7. The third-order valence-electron chi connectivity index (χ3n) is 5.56. The lowest BCUT2D eigenvalue weighted by atomic mass is 9.98. The first kappa shape index (κ1) is 27.1. The third kappa shape index (κ3) is 11.3. The zero-order valence-corrected chi connectivity index (χ0v) is 20.7. The van der Waals surface area contributed by atoms with Crippen LogP contribution in [0.3, 0.4) is 0 Å². The first-order chi connectivity index (χ1) is 14.6. The maximum absolute atomic E-state index is 6.58. The minimum atomic E-state index is -0.449. The molecule has 0 bridgehead atoms. The molecule has 2 unspecified atom stereocenters. The molecule has 0 aliphatic heterocycles. The highest BCUT2D eigenvalue weighted by Crippen LogP contribution is 2.29. The second-order valence-corrected chi connectivity index (χ2v) is 9.36. The molecule has 2 nitrogen and oxygen atoms in total. The molecular weight excluding hydrogens is 380 g/mol. The second kappa shape index (κ2) is 13.5. The van der Waals surface area contributed by atoms with E-state index >= 15 is 0 Å². The van der Waals surface area contributed by atoms with Gasteiger partial charge in [-0.3, -0.25) is 0 Å². The van der Waals surface area contributed by atoms with E-state index in [2.05, 4.69) is 91.1 Å². The Morgan fingerprint density at radius 2 is 1.29 bits per heavy atom. The van der Waals surface area contributed by atoms with E-state index in [9.17, 15) is 0 Å². The molecule has 0 saturated carbocycles. The largest absolute Gasteiger partial charge is 0.342 e. The lowest BCUT2D eigenvalue weighted by molar-refractivity contribution is -0.231. The second-order valence-electron chi connectivity index (χ2n) is 9.36. The maximum Gasteiger partial charge on any atom is 0.160 e. The van der Waals surface area contributed by atoms with Crippen molar-refractivity contribution in [1.29, 1.82) is 0 Å². The molecule has 1 rings (SSSR count). The normalized spacial score (nSPS) is 15.8.